The molecule has 0 N–H and O–H groups in total. The van der Waals surface area contributed by atoms with Crippen LogP contribution in [0.2, 0.25) is 5.02 Å². The lowest BCUT2D eigenvalue weighted by atomic mass is 10.2. The average Bonchev–Trinajstić information content (AvgIpc) is 3.24. The Morgan fingerprint density at radius 3 is 2.77 bits per heavy atom. The van der Waals surface area contributed by atoms with Gasteiger partial charge in [-0.3, -0.25) is 0 Å². The third kappa shape index (κ3) is 3.88. The van der Waals surface area contributed by atoms with Crippen LogP contribution in [0.5, 0.6) is 0 Å². The van der Waals surface area contributed by atoms with E-state index < -0.39 is 0 Å². The van der Waals surface area contributed by atoms with E-state index in [0.717, 1.165) is 35.3 Å². The summed E-state index contributed by atoms with van der Waals surface area (Å²) in [5.74, 6) is 0.540. The van der Waals surface area contributed by atoms with Crippen LogP contribution in [0.1, 0.15) is 22.6 Å². The number of oxime groups is 1. The molecule has 30 heavy (non-hydrogen) atoms. The van der Waals surface area contributed by atoms with Crippen molar-refractivity contribution in [1.29, 1.82) is 0 Å². The normalized spacial score (nSPS) is 12.1. The van der Waals surface area contributed by atoms with E-state index in [2.05, 4.69) is 57.6 Å². The molecule has 0 saturated carbocycles. The fraction of sp³-hybridized carbons (Fsp3) is 0.333. The number of benzene rings is 1. The highest BCUT2D eigenvalue weighted by Gasteiger charge is 2.18. The van der Waals surface area contributed by atoms with Crippen LogP contribution in [0, 0.1) is 13.8 Å². The number of likely N-dealkylation sites (N-methyl/N-ethyl adjacent to an activating group) is 1. The minimum atomic E-state index is 0.156. The Balaban J connectivity index is 1.59. The van der Waals surface area contributed by atoms with Gasteiger partial charge in [0.05, 0.1) is 11.6 Å². The summed E-state index contributed by atoms with van der Waals surface area (Å²) in [6.07, 6.45) is 3.28. The first-order chi connectivity index (χ1) is 14.5. The standard InChI is InChI=1S/C21H24ClN7O/c1-14-15(2)28(10-9-27(3)4)20-19(14)21-25-18(26-29(21)13-23-20)12-30-24-11-16-7-5-6-8-17(16)22/h5-8,11,13H,9-10,12H2,1-4H3/b24-11-. The average molecular weight is 426 g/mol. The molecule has 4 aromatic rings. The predicted molar refractivity (Wildman–Crippen MR) is 118 cm³/mol. The summed E-state index contributed by atoms with van der Waals surface area (Å²) < 4.78 is 3.94. The van der Waals surface area contributed by atoms with E-state index in [-0.39, 0.29) is 6.61 Å². The monoisotopic (exact) mass is 425 g/mol. The van der Waals surface area contributed by atoms with Crippen molar-refractivity contribution >= 4 is 34.5 Å². The third-order valence-electron chi connectivity index (χ3n) is 5.13. The van der Waals surface area contributed by atoms with E-state index in [4.69, 9.17) is 16.4 Å². The molecule has 0 bridgehead atoms. The van der Waals surface area contributed by atoms with Crippen LogP contribution < -0.4 is 0 Å². The van der Waals surface area contributed by atoms with E-state index in [9.17, 15) is 0 Å². The molecule has 0 radical (unpaired) electrons. The molecule has 0 unspecified atom stereocenters. The van der Waals surface area contributed by atoms with Crippen LogP contribution in [0.15, 0.2) is 35.7 Å². The molecule has 156 valence electrons. The van der Waals surface area contributed by atoms with Gasteiger partial charge in [0.1, 0.15) is 12.0 Å². The van der Waals surface area contributed by atoms with Gasteiger partial charge in [0.25, 0.3) is 0 Å². The fourth-order valence-corrected chi connectivity index (χ4v) is 3.56. The maximum atomic E-state index is 6.11. The summed E-state index contributed by atoms with van der Waals surface area (Å²) in [6, 6.07) is 7.43. The molecule has 0 aliphatic rings. The molecule has 1 aromatic carbocycles. The van der Waals surface area contributed by atoms with Gasteiger partial charge < -0.3 is 14.3 Å². The number of hydrogen-bond donors (Lipinski definition) is 0. The van der Waals surface area contributed by atoms with E-state index in [1.54, 1.807) is 23.1 Å². The molecule has 0 fully saturated rings. The zero-order valence-corrected chi connectivity index (χ0v) is 18.3. The number of hydrogen-bond acceptors (Lipinski definition) is 6. The summed E-state index contributed by atoms with van der Waals surface area (Å²) in [5, 5.41) is 10.1. The van der Waals surface area contributed by atoms with Crippen molar-refractivity contribution in [1.82, 2.24) is 29.0 Å². The molecule has 4 rings (SSSR count). The van der Waals surface area contributed by atoms with E-state index in [0.29, 0.717) is 10.8 Å². The largest absolute Gasteiger partial charge is 0.387 e. The number of fused-ring (bicyclic) bond motifs is 3. The van der Waals surface area contributed by atoms with Gasteiger partial charge in [0, 0.05) is 29.4 Å². The van der Waals surface area contributed by atoms with E-state index >= 15 is 0 Å². The highest BCUT2D eigenvalue weighted by atomic mass is 35.5. The van der Waals surface area contributed by atoms with Crippen molar-refractivity contribution in [3.05, 3.63) is 58.3 Å². The lowest BCUT2D eigenvalue weighted by Crippen LogP contribution is -2.19. The van der Waals surface area contributed by atoms with E-state index in [1.807, 2.05) is 18.2 Å². The molecule has 3 aromatic heterocycles. The van der Waals surface area contributed by atoms with Crippen molar-refractivity contribution in [2.24, 2.45) is 5.16 Å². The summed E-state index contributed by atoms with van der Waals surface area (Å²) in [4.78, 5) is 16.9. The first-order valence-electron chi connectivity index (χ1n) is 9.70. The Kier molecular flexibility index (Phi) is 5.69. The topological polar surface area (TPSA) is 72.8 Å². The van der Waals surface area contributed by atoms with Crippen molar-refractivity contribution in [2.75, 3.05) is 20.6 Å². The van der Waals surface area contributed by atoms with Crippen molar-refractivity contribution in [3.63, 3.8) is 0 Å². The maximum absolute atomic E-state index is 6.11. The second-order valence-corrected chi connectivity index (χ2v) is 7.84. The molecular weight excluding hydrogens is 402 g/mol. The van der Waals surface area contributed by atoms with Crippen LogP contribution in [0.25, 0.3) is 16.7 Å². The van der Waals surface area contributed by atoms with Gasteiger partial charge in [-0.2, -0.15) is 0 Å². The smallest absolute Gasteiger partial charge is 0.192 e. The number of halogens is 1. The Bertz CT molecular complexity index is 1230. The molecule has 0 amide bonds. The van der Waals surface area contributed by atoms with Crippen molar-refractivity contribution < 1.29 is 4.84 Å². The van der Waals surface area contributed by atoms with Crippen molar-refractivity contribution in [3.8, 4) is 0 Å². The van der Waals surface area contributed by atoms with Gasteiger partial charge in [-0.25, -0.2) is 14.5 Å². The second-order valence-electron chi connectivity index (χ2n) is 7.43. The summed E-state index contributed by atoms with van der Waals surface area (Å²) in [6.45, 7) is 6.18. The van der Waals surface area contributed by atoms with Gasteiger partial charge in [-0.05, 0) is 39.6 Å². The minimum absolute atomic E-state index is 0.156. The summed E-state index contributed by atoms with van der Waals surface area (Å²) in [7, 11) is 4.14. The van der Waals surface area contributed by atoms with Gasteiger partial charge >= 0.3 is 0 Å². The molecule has 3 heterocycles. The number of nitrogens with zero attached hydrogens (tertiary/aromatic N) is 7. The molecule has 0 aliphatic carbocycles. The van der Waals surface area contributed by atoms with Gasteiger partial charge in [-0.15, -0.1) is 5.10 Å². The Morgan fingerprint density at radius 2 is 2.00 bits per heavy atom. The summed E-state index contributed by atoms with van der Waals surface area (Å²) >= 11 is 6.11. The van der Waals surface area contributed by atoms with Gasteiger partial charge in [0.15, 0.2) is 18.1 Å². The third-order valence-corrected chi connectivity index (χ3v) is 5.47. The molecule has 0 atom stereocenters. The van der Waals surface area contributed by atoms with Crippen LogP contribution in [0.4, 0.5) is 0 Å². The quantitative estimate of drug-likeness (QED) is 0.335. The van der Waals surface area contributed by atoms with Gasteiger partial charge in [0.2, 0.25) is 0 Å². The second kappa shape index (κ2) is 8.41. The minimum Gasteiger partial charge on any atom is -0.387 e. The SMILES string of the molecule is Cc1c(C)n(CCN(C)C)c2ncn3nc(CO/N=C\c4ccccc4Cl)nc3c12. The molecule has 9 heteroatoms. The Morgan fingerprint density at radius 1 is 1.20 bits per heavy atom. The number of rotatable bonds is 7. The zero-order chi connectivity index (χ0) is 21.3. The molecular formula is C21H24ClN7O. The molecule has 8 nitrogen and oxygen atoms in total. The van der Waals surface area contributed by atoms with Crippen LogP contribution >= 0.6 is 11.6 Å². The molecule has 0 spiro atoms. The lowest BCUT2D eigenvalue weighted by molar-refractivity contribution is 0.126. The molecule has 0 aliphatic heterocycles. The van der Waals surface area contributed by atoms with Gasteiger partial charge in [-0.1, -0.05) is 35.0 Å². The van der Waals surface area contributed by atoms with Crippen LogP contribution in [-0.2, 0) is 18.0 Å². The zero-order valence-electron chi connectivity index (χ0n) is 17.5. The Hall–Kier alpha value is -2.97. The number of aryl methyl sites for hydroxylation is 1. The highest BCUT2D eigenvalue weighted by Crippen LogP contribution is 2.26. The lowest BCUT2D eigenvalue weighted by Gasteiger charge is -2.12. The first kappa shape index (κ1) is 20.3. The van der Waals surface area contributed by atoms with Crippen molar-refractivity contribution in [2.45, 2.75) is 27.0 Å². The summed E-state index contributed by atoms with van der Waals surface area (Å²) in [5.41, 5.74) is 4.85. The Labute approximate surface area is 179 Å². The predicted octanol–water partition coefficient (Wildman–Crippen LogP) is 3.46. The maximum Gasteiger partial charge on any atom is 0.192 e. The molecule has 0 saturated heterocycles. The van der Waals surface area contributed by atoms with E-state index in [1.165, 1.54) is 11.3 Å². The van der Waals surface area contributed by atoms with Crippen LogP contribution in [0.3, 0.4) is 0 Å². The number of aromatic nitrogens is 5. The highest BCUT2D eigenvalue weighted by molar-refractivity contribution is 6.33. The van der Waals surface area contributed by atoms with Crippen LogP contribution in [-0.4, -0.2) is 55.9 Å². The fourth-order valence-electron chi connectivity index (χ4n) is 3.38. The first-order valence-corrected chi connectivity index (χ1v) is 10.1.